The fourth-order valence-corrected chi connectivity index (χ4v) is 5.03. The van der Waals surface area contributed by atoms with E-state index in [0.29, 0.717) is 32.0 Å². The molecule has 0 N–H and O–H groups in total. The lowest BCUT2D eigenvalue weighted by Crippen LogP contribution is -2.27. The second-order valence-corrected chi connectivity index (χ2v) is 9.94. The van der Waals surface area contributed by atoms with Crippen molar-refractivity contribution in [3.63, 3.8) is 0 Å². The Morgan fingerprint density at radius 1 is 1.00 bits per heavy atom. The van der Waals surface area contributed by atoms with Crippen molar-refractivity contribution >= 4 is 68.1 Å². The molecule has 0 atom stereocenters. The predicted molar refractivity (Wildman–Crippen MR) is 139 cm³/mol. The molecule has 1 heterocycles. The van der Waals surface area contributed by atoms with Crippen LogP contribution in [0.2, 0.25) is 10.0 Å². The number of methoxy groups -OCH3 is 1. The molecule has 0 unspecified atom stereocenters. The molecule has 0 aromatic heterocycles. The summed E-state index contributed by atoms with van der Waals surface area (Å²) in [5.41, 5.74) is 2.26. The second-order valence-electron chi connectivity index (χ2n) is 7.27. The maximum atomic E-state index is 12.9. The van der Waals surface area contributed by atoms with Crippen molar-refractivity contribution < 1.29 is 19.1 Å². The molecule has 1 aliphatic heterocycles. The minimum atomic E-state index is -0.361. The highest BCUT2D eigenvalue weighted by Crippen LogP contribution is 2.40. The molecule has 1 aliphatic rings. The molecular weight excluding hydrogens is 561 g/mol. The molecule has 2 amide bonds. The number of hydrogen-bond acceptors (Lipinski definition) is 5. The Hall–Kier alpha value is -2.45. The first-order chi connectivity index (χ1) is 16.4. The van der Waals surface area contributed by atoms with Crippen LogP contribution in [0, 0.1) is 0 Å². The summed E-state index contributed by atoms with van der Waals surface area (Å²) in [4.78, 5) is 27.0. The fourth-order valence-electron chi connectivity index (χ4n) is 3.31. The molecule has 0 spiro atoms. The number of rotatable bonds is 7. The number of halogens is 3. The average Bonchev–Trinajstić information content (AvgIpc) is 3.07. The average molecular weight is 579 g/mol. The van der Waals surface area contributed by atoms with Gasteiger partial charge in [-0.1, -0.05) is 75.5 Å². The van der Waals surface area contributed by atoms with Crippen molar-refractivity contribution in [1.29, 1.82) is 0 Å². The summed E-state index contributed by atoms with van der Waals surface area (Å²) in [6, 6.07) is 18.2. The Balaban J connectivity index is 1.55. The summed E-state index contributed by atoms with van der Waals surface area (Å²) in [6.07, 6.45) is 1.62. The van der Waals surface area contributed by atoms with Crippen LogP contribution in [0.5, 0.6) is 11.5 Å². The molecule has 4 rings (SSSR count). The number of hydrogen-bond donors (Lipinski definition) is 0. The van der Waals surface area contributed by atoms with E-state index in [2.05, 4.69) is 15.9 Å². The maximum absolute atomic E-state index is 12.9. The molecule has 1 fully saturated rings. The standard InChI is InChI=1S/C25H18BrCl2NO4S/c1-32-21-11-15(10-20(28)23(21)33-14-17-7-3-5-9-19(17)27)12-22-24(30)29(25(31)34-22)13-16-6-2-4-8-18(16)26/h2-12H,13-14H2,1H3/b22-12-. The van der Waals surface area contributed by atoms with Gasteiger partial charge in [-0.15, -0.1) is 0 Å². The maximum Gasteiger partial charge on any atom is 0.293 e. The van der Waals surface area contributed by atoms with Crippen LogP contribution in [0.3, 0.4) is 0 Å². The van der Waals surface area contributed by atoms with Crippen molar-refractivity contribution in [3.8, 4) is 11.5 Å². The molecular formula is C25H18BrCl2NO4S. The first-order valence-corrected chi connectivity index (χ1v) is 12.5. The fraction of sp³-hybridized carbons (Fsp3) is 0.120. The van der Waals surface area contributed by atoms with Gasteiger partial charge < -0.3 is 9.47 Å². The van der Waals surface area contributed by atoms with Gasteiger partial charge in [-0.3, -0.25) is 14.5 Å². The largest absolute Gasteiger partial charge is 0.493 e. The van der Waals surface area contributed by atoms with E-state index in [1.54, 1.807) is 24.3 Å². The third-order valence-electron chi connectivity index (χ3n) is 5.04. The Kier molecular flexibility index (Phi) is 7.88. The molecule has 0 bridgehead atoms. The minimum Gasteiger partial charge on any atom is -0.493 e. The summed E-state index contributed by atoms with van der Waals surface area (Å²) in [5, 5.41) is 0.572. The zero-order valence-corrected chi connectivity index (χ0v) is 21.8. The molecule has 1 saturated heterocycles. The van der Waals surface area contributed by atoms with Crippen LogP contribution in [-0.4, -0.2) is 23.2 Å². The van der Waals surface area contributed by atoms with E-state index in [1.165, 1.54) is 12.0 Å². The summed E-state index contributed by atoms with van der Waals surface area (Å²) in [5.74, 6) is 0.404. The van der Waals surface area contributed by atoms with E-state index < -0.39 is 0 Å². The normalized spacial score (nSPS) is 14.7. The minimum absolute atomic E-state index is 0.183. The van der Waals surface area contributed by atoms with Gasteiger partial charge in [0.25, 0.3) is 11.1 Å². The van der Waals surface area contributed by atoms with Crippen LogP contribution >= 0.6 is 50.9 Å². The van der Waals surface area contributed by atoms with Gasteiger partial charge in [-0.05, 0) is 53.2 Å². The van der Waals surface area contributed by atoms with Crippen molar-refractivity contribution in [3.05, 3.63) is 96.8 Å². The first kappa shape index (κ1) is 24.7. The number of ether oxygens (including phenoxy) is 2. The van der Waals surface area contributed by atoms with Crippen LogP contribution < -0.4 is 9.47 Å². The molecule has 5 nitrogen and oxygen atoms in total. The Morgan fingerprint density at radius 3 is 2.41 bits per heavy atom. The molecule has 34 heavy (non-hydrogen) atoms. The third kappa shape index (κ3) is 5.44. The highest BCUT2D eigenvalue weighted by molar-refractivity contribution is 9.10. The summed E-state index contributed by atoms with van der Waals surface area (Å²) < 4.78 is 12.2. The van der Waals surface area contributed by atoms with E-state index in [9.17, 15) is 9.59 Å². The number of thioether (sulfide) groups is 1. The molecule has 0 saturated carbocycles. The Labute approximate surface area is 219 Å². The highest BCUT2D eigenvalue weighted by Gasteiger charge is 2.35. The van der Waals surface area contributed by atoms with Gasteiger partial charge in [0.05, 0.1) is 23.6 Å². The zero-order chi connectivity index (χ0) is 24.2. The lowest BCUT2D eigenvalue weighted by atomic mass is 10.1. The molecule has 0 radical (unpaired) electrons. The Bertz CT molecular complexity index is 1300. The molecule has 3 aromatic rings. The third-order valence-corrected chi connectivity index (χ3v) is 7.37. The lowest BCUT2D eigenvalue weighted by molar-refractivity contribution is -0.123. The van der Waals surface area contributed by atoms with Crippen LogP contribution in [0.15, 0.2) is 70.0 Å². The molecule has 0 aliphatic carbocycles. The van der Waals surface area contributed by atoms with Crippen LogP contribution in [-0.2, 0) is 17.9 Å². The summed E-state index contributed by atoms with van der Waals surface area (Å²) >= 11 is 17.0. The summed E-state index contributed by atoms with van der Waals surface area (Å²) in [6.45, 7) is 0.394. The predicted octanol–water partition coefficient (Wildman–Crippen LogP) is 7.58. The van der Waals surface area contributed by atoms with Crippen LogP contribution in [0.4, 0.5) is 4.79 Å². The van der Waals surface area contributed by atoms with Gasteiger partial charge in [0.1, 0.15) is 6.61 Å². The first-order valence-electron chi connectivity index (χ1n) is 10.1. The zero-order valence-electron chi connectivity index (χ0n) is 17.9. The van der Waals surface area contributed by atoms with E-state index in [4.69, 9.17) is 32.7 Å². The van der Waals surface area contributed by atoms with Gasteiger partial charge in [0, 0.05) is 15.1 Å². The number of benzene rings is 3. The van der Waals surface area contributed by atoms with Gasteiger partial charge in [-0.25, -0.2) is 0 Å². The van der Waals surface area contributed by atoms with E-state index in [0.717, 1.165) is 27.4 Å². The Morgan fingerprint density at radius 2 is 1.71 bits per heavy atom. The van der Waals surface area contributed by atoms with E-state index >= 15 is 0 Å². The monoisotopic (exact) mass is 577 g/mol. The van der Waals surface area contributed by atoms with Crippen molar-refractivity contribution in [2.75, 3.05) is 7.11 Å². The molecule has 9 heteroatoms. The van der Waals surface area contributed by atoms with E-state index in [1.807, 2.05) is 42.5 Å². The highest BCUT2D eigenvalue weighted by atomic mass is 79.9. The van der Waals surface area contributed by atoms with Gasteiger partial charge >= 0.3 is 0 Å². The van der Waals surface area contributed by atoms with Crippen LogP contribution in [0.1, 0.15) is 16.7 Å². The smallest absolute Gasteiger partial charge is 0.293 e. The SMILES string of the molecule is COc1cc(/C=C2\SC(=O)N(Cc3ccccc3Br)C2=O)cc(Cl)c1OCc1ccccc1Cl. The van der Waals surface area contributed by atoms with E-state index in [-0.39, 0.29) is 24.3 Å². The quantitative estimate of drug-likeness (QED) is 0.270. The van der Waals surface area contributed by atoms with Crippen molar-refractivity contribution in [1.82, 2.24) is 4.90 Å². The summed E-state index contributed by atoms with van der Waals surface area (Å²) in [7, 11) is 1.50. The molecule has 3 aromatic carbocycles. The number of nitrogens with zero attached hydrogens (tertiary/aromatic N) is 1. The van der Waals surface area contributed by atoms with Crippen LogP contribution in [0.25, 0.3) is 6.08 Å². The van der Waals surface area contributed by atoms with Gasteiger partial charge in [0.15, 0.2) is 11.5 Å². The van der Waals surface area contributed by atoms with Gasteiger partial charge in [0.2, 0.25) is 0 Å². The van der Waals surface area contributed by atoms with Crippen molar-refractivity contribution in [2.45, 2.75) is 13.2 Å². The number of amides is 2. The molecule has 174 valence electrons. The second kappa shape index (κ2) is 10.9. The van der Waals surface area contributed by atoms with Crippen molar-refractivity contribution in [2.24, 2.45) is 0 Å². The van der Waals surface area contributed by atoms with Gasteiger partial charge in [-0.2, -0.15) is 0 Å². The lowest BCUT2D eigenvalue weighted by Gasteiger charge is -2.14. The number of carbonyl (C=O) groups excluding carboxylic acids is 2. The number of carbonyl (C=O) groups is 2. The number of imide groups is 1. The topological polar surface area (TPSA) is 55.8 Å².